The summed E-state index contributed by atoms with van der Waals surface area (Å²) in [4.78, 5) is 25.0. The first kappa shape index (κ1) is 15.9. The van der Waals surface area contributed by atoms with E-state index in [4.69, 9.17) is 0 Å². The Kier molecular flexibility index (Phi) is 3.66. The van der Waals surface area contributed by atoms with Crippen molar-refractivity contribution in [3.8, 4) is 0 Å². The Morgan fingerprint density at radius 2 is 2.00 bits per heavy atom. The quantitative estimate of drug-likeness (QED) is 0.667. The van der Waals surface area contributed by atoms with Gasteiger partial charge in [0.25, 0.3) is 0 Å². The predicted octanol–water partition coefficient (Wildman–Crippen LogP) is 2.08. The lowest BCUT2D eigenvalue weighted by Crippen LogP contribution is -2.34. The monoisotopic (exact) mass is 330 g/mol. The highest BCUT2D eigenvalue weighted by atomic mass is 19.4. The molecule has 1 atom stereocenters. The molecule has 1 spiro atoms. The Morgan fingerprint density at radius 1 is 1.26 bits per heavy atom. The van der Waals surface area contributed by atoms with Crippen LogP contribution in [0.4, 0.5) is 17.6 Å². The van der Waals surface area contributed by atoms with E-state index < -0.39 is 23.0 Å². The van der Waals surface area contributed by atoms with Crippen LogP contribution in [0.1, 0.15) is 24.0 Å². The molecule has 1 aromatic carbocycles. The molecule has 0 aliphatic carbocycles. The standard InChI is InChI=1S/C15H14F4N2O2/c16-11-5-10(15(17,18)19)2-1-9(11)7-21-4-3-14(8-21)6-12(22)20-13(14)23/h1-2,5H,3-4,6-8H2,(H,20,22,23). The summed E-state index contributed by atoms with van der Waals surface area (Å²) in [5.41, 5.74) is -1.67. The maximum absolute atomic E-state index is 13.9. The van der Waals surface area contributed by atoms with Crippen molar-refractivity contribution >= 4 is 11.8 Å². The van der Waals surface area contributed by atoms with Crippen molar-refractivity contribution in [2.45, 2.75) is 25.6 Å². The van der Waals surface area contributed by atoms with Crippen LogP contribution in [0.3, 0.4) is 0 Å². The first-order valence-corrected chi connectivity index (χ1v) is 7.12. The van der Waals surface area contributed by atoms with Crippen molar-refractivity contribution in [2.24, 2.45) is 5.41 Å². The van der Waals surface area contributed by atoms with Crippen molar-refractivity contribution in [1.29, 1.82) is 0 Å². The number of halogens is 4. The maximum atomic E-state index is 13.9. The molecular weight excluding hydrogens is 316 g/mol. The number of hydrogen-bond donors (Lipinski definition) is 1. The summed E-state index contributed by atoms with van der Waals surface area (Å²) in [7, 11) is 0. The van der Waals surface area contributed by atoms with Gasteiger partial charge in [-0.05, 0) is 25.1 Å². The molecule has 0 radical (unpaired) electrons. The van der Waals surface area contributed by atoms with Gasteiger partial charge in [0.15, 0.2) is 0 Å². The Bertz CT molecular complexity index is 674. The second-order valence-electron chi connectivity index (χ2n) is 6.10. The predicted molar refractivity (Wildman–Crippen MR) is 71.5 cm³/mol. The van der Waals surface area contributed by atoms with E-state index in [1.807, 2.05) is 0 Å². The van der Waals surface area contributed by atoms with E-state index in [2.05, 4.69) is 5.32 Å². The molecule has 0 aromatic heterocycles. The minimum atomic E-state index is -4.58. The number of alkyl halides is 3. The van der Waals surface area contributed by atoms with E-state index in [1.54, 1.807) is 4.90 Å². The molecule has 23 heavy (non-hydrogen) atoms. The summed E-state index contributed by atoms with van der Waals surface area (Å²) in [5.74, 6) is -1.57. The van der Waals surface area contributed by atoms with E-state index in [1.165, 1.54) is 0 Å². The van der Waals surface area contributed by atoms with Gasteiger partial charge in [-0.3, -0.25) is 19.8 Å². The van der Waals surface area contributed by atoms with Crippen molar-refractivity contribution in [3.05, 3.63) is 35.1 Å². The fourth-order valence-corrected chi connectivity index (χ4v) is 3.21. The van der Waals surface area contributed by atoms with Gasteiger partial charge in [-0.25, -0.2) is 4.39 Å². The lowest BCUT2D eigenvalue weighted by molar-refractivity contribution is -0.137. The highest BCUT2D eigenvalue weighted by Gasteiger charge is 2.50. The van der Waals surface area contributed by atoms with Crippen LogP contribution in [-0.4, -0.2) is 29.8 Å². The van der Waals surface area contributed by atoms with Gasteiger partial charge in [0, 0.05) is 25.1 Å². The zero-order valence-electron chi connectivity index (χ0n) is 12.0. The number of hydrogen-bond acceptors (Lipinski definition) is 3. The molecule has 0 saturated carbocycles. The number of benzene rings is 1. The summed E-state index contributed by atoms with van der Waals surface area (Å²) in [6, 6.07) is 2.44. The minimum Gasteiger partial charge on any atom is -0.298 e. The van der Waals surface area contributed by atoms with Crippen molar-refractivity contribution in [3.63, 3.8) is 0 Å². The lowest BCUT2D eigenvalue weighted by atomic mass is 9.85. The van der Waals surface area contributed by atoms with Gasteiger partial charge in [-0.1, -0.05) is 6.07 Å². The van der Waals surface area contributed by atoms with E-state index in [-0.39, 0.29) is 30.3 Å². The lowest BCUT2D eigenvalue weighted by Gasteiger charge is -2.20. The molecule has 2 aliphatic heterocycles. The number of nitrogens with one attached hydrogen (secondary N) is 1. The Hall–Kier alpha value is -1.96. The van der Waals surface area contributed by atoms with Gasteiger partial charge < -0.3 is 0 Å². The maximum Gasteiger partial charge on any atom is 0.416 e. The molecule has 8 heteroatoms. The fourth-order valence-electron chi connectivity index (χ4n) is 3.21. The Morgan fingerprint density at radius 3 is 2.57 bits per heavy atom. The molecule has 2 fully saturated rings. The van der Waals surface area contributed by atoms with Crippen LogP contribution in [0.2, 0.25) is 0 Å². The number of carbonyl (C=O) groups excluding carboxylic acids is 2. The zero-order valence-corrected chi connectivity index (χ0v) is 12.0. The SMILES string of the molecule is O=C1CC2(CCN(Cc3ccc(C(F)(F)F)cc3F)C2)C(=O)N1. The molecule has 2 heterocycles. The van der Waals surface area contributed by atoms with E-state index in [0.717, 1.165) is 12.1 Å². The van der Waals surface area contributed by atoms with Gasteiger partial charge >= 0.3 is 6.18 Å². The molecule has 1 aromatic rings. The summed E-state index contributed by atoms with van der Waals surface area (Å²) in [6.07, 6.45) is -4.00. The summed E-state index contributed by atoms with van der Waals surface area (Å²) < 4.78 is 51.5. The second-order valence-corrected chi connectivity index (χ2v) is 6.10. The van der Waals surface area contributed by atoms with Gasteiger partial charge in [0.2, 0.25) is 11.8 Å². The topological polar surface area (TPSA) is 49.4 Å². The van der Waals surface area contributed by atoms with Crippen LogP contribution in [0.15, 0.2) is 18.2 Å². The number of rotatable bonds is 2. The normalized spacial score (nSPS) is 25.4. The fraction of sp³-hybridized carbons (Fsp3) is 0.467. The highest BCUT2D eigenvalue weighted by molar-refractivity contribution is 6.06. The number of imide groups is 1. The third kappa shape index (κ3) is 2.95. The van der Waals surface area contributed by atoms with Gasteiger partial charge in [-0.2, -0.15) is 13.2 Å². The molecule has 3 rings (SSSR count). The van der Waals surface area contributed by atoms with E-state index in [0.29, 0.717) is 25.6 Å². The van der Waals surface area contributed by atoms with Crippen LogP contribution in [0, 0.1) is 11.2 Å². The number of nitrogens with zero attached hydrogens (tertiary/aromatic N) is 1. The zero-order chi connectivity index (χ0) is 16.8. The molecule has 2 amide bonds. The Labute approximate surface area is 129 Å². The summed E-state index contributed by atoms with van der Waals surface area (Å²) >= 11 is 0. The highest BCUT2D eigenvalue weighted by Crippen LogP contribution is 2.38. The van der Waals surface area contributed by atoms with Gasteiger partial charge in [-0.15, -0.1) is 0 Å². The third-order valence-electron chi connectivity index (χ3n) is 4.44. The second kappa shape index (κ2) is 5.30. The molecule has 1 N–H and O–H groups in total. The van der Waals surface area contributed by atoms with Crippen molar-refractivity contribution in [1.82, 2.24) is 10.2 Å². The smallest absolute Gasteiger partial charge is 0.298 e. The number of amides is 2. The van der Waals surface area contributed by atoms with Crippen LogP contribution in [0.5, 0.6) is 0 Å². The van der Waals surface area contributed by atoms with Crippen molar-refractivity contribution in [2.75, 3.05) is 13.1 Å². The molecule has 2 aliphatic rings. The molecule has 4 nitrogen and oxygen atoms in total. The average Bonchev–Trinajstić information content (AvgIpc) is 2.95. The van der Waals surface area contributed by atoms with Crippen molar-refractivity contribution < 1.29 is 27.2 Å². The van der Waals surface area contributed by atoms with Gasteiger partial charge in [0.05, 0.1) is 11.0 Å². The number of carbonyl (C=O) groups is 2. The van der Waals surface area contributed by atoms with E-state index >= 15 is 0 Å². The van der Waals surface area contributed by atoms with Crippen LogP contribution in [0.25, 0.3) is 0 Å². The molecule has 0 bridgehead atoms. The van der Waals surface area contributed by atoms with Crippen LogP contribution < -0.4 is 5.32 Å². The van der Waals surface area contributed by atoms with Crippen LogP contribution >= 0.6 is 0 Å². The molecular formula is C15H14F4N2O2. The minimum absolute atomic E-state index is 0.104. The largest absolute Gasteiger partial charge is 0.416 e. The van der Waals surface area contributed by atoms with E-state index in [9.17, 15) is 27.2 Å². The number of likely N-dealkylation sites (tertiary alicyclic amines) is 1. The summed E-state index contributed by atoms with van der Waals surface area (Å²) in [6.45, 7) is 0.888. The molecule has 124 valence electrons. The molecule has 2 saturated heterocycles. The summed E-state index contributed by atoms with van der Waals surface area (Å²) in [5, 5.41) is 2.27. The average molecular weight is 330 g/mol. The van der Waals surface area contributed by atoms with Crippen LogP contribution in [-0.2, 0) is 22.3 Å². The first-order chi connectivity index (χ1) is 10.7. The Balaban J connectivity index is 1.72. The van der Waals surface area contributed by atoms with Gasteiger partial charge in [0.1, 0.15) is 5.82 Å². The first-order valence-electron chi connectivity index (χ1n) is 7.12. The third-order valence-corrected chi connectivity index (χ3v) is 4.44. The molecule has 1 unspecified atom stereocenters.